The Morgan fingerprint density at radius 2 is 1.57 bits per heavy atom. The van der Waals surface area contributed by atoms with Gasteiger partial charge in [-0.25, -0.2) is 0 Å². The fourth-order valence-corrected chi connectivity index (χ4v) is 5.18. The van der Waals surface area contributed by atoms with E-state index >= 15 is 0 Å². The molecule has 0 amide bonds. The van der Waals surface area contributed by atoms with E-state index in [1.807, 2.05) is 48.5 Å². The minimum Gasteiger partial charge on any atom is -0.481 e. The molecule has 2 aromatic rings. The van der Waals surface area contributed by atoms with Gasteiger partial charge < -0.3 is 15.3 Å². The molecular weight excluding hydrogens is 392 g/mol. The summed E-state index contributed by atoms with van der Waals surface area (Å²) in [6, 6.07) is 19.5. The lowest BCUT2D eigenvalue weighted by Gasteiger charge is -2.22. The van der Waals surface area contributed by atoms with Crippen molar-refractivity contribution in [1.29, 1.82) is 0 Å². The quantitative estimate of drug-likeness (QED) is 0.310. The molecule has 0 aliphatic rings. The highest BCUT2D eigenvalue weighted by atomic mass is 32.2. The van der Waals surface area contributed by atoms with Crippen LogP contribution in [0.2, 0.25) is 0 Å². The number of unbranched alkanes of at least 4 members (excludes halogenated alkanes) is 1. The van der Waals surface area contributed by atoms with Gasteiger partial charge in [0.05, 0.1) is 0 Å². The topological polar surface area (TPSA) is 77.8 Å². The van der Waals surface area contributed by atoms with Crippen LogP contribution >= 0.6 is 23.5 Å². The molecule has 0 bridgehead atoms. The zero-order valence-corrected chi connectivity index (χ0v) is 17.4. The second-order valence-electron chi connectivity index (χ2n) is 6.65. The number of hydrogen-bond donors (Lipinski definition) is 3. The van der Waals surface area contributed by atoms with Crippen LogP contribution in [0.3, 0.4) is 0 Å². The van der Waals surface area contributed by atoms with Crippen molar-refractivity contribution in [1.82, 2.24) is 0 Å². The Balaban J connectivity index is 1.86. The van der Waals surface area contributed by atoms with Crippen molar-refractivity contribution in [2.75, 3.05) is 0 Å². The zero-order valence-electron chi connectivity index (χ0n) is 15.8. The lowest BCUT2D eigenvalue weighted by molar-refractivity contribution is -0.137. The molecule has 0 fully saturated rings. The average Bonchev–Trinajstić information content (AvgIpc) is 2.70. The van der Waals surface area contributed by atoms with Gasteiger partial charge in [0, 0.05) is 17.4 Å². The van der Waals surface area contributed by atoms with E-state index in [2.05, 4.69) is 12.1 Å². The van der Waals surface area contributed by atoms with Gasteiger partial charge in [0.15, 0.2) is 0 Å². The fraction of sp³-hybridized carbons (Fsp3) is 0.409. The predicted molar refractivity (Wildman–Crippen MR) is 117 cm³/mol. The van der Waals surface area contributed by atoms with Gasteiger partial charge in [-0.1, -0.05) is 78.8 Å². The number of carbonyl (C=O) groups is 1. The third-order valence-electron chi connectivity index (χ3n) is 4.33. The van der Waals surface area contributed by atoms with Gasteiger partial charge in [0.2, 0.25) is 0 Å². The van der Waals surface area contributed by atoms with Crippen LogP contribution in [-0.2, 0) is 10.5 Å². The van der Waals surface area contributed by atoms with Crippen LogP contribution in [0, 0.1) is 0 Å². The summed E-state index contributed by atoms with van der Waals surface area (Å²) in [6.07, 6.45) is 3.05. The van der Waals surface area contributed by atoms with Crippen molar-refractivity contribution in [2.45, 2.75) is 54.0 Å². The summed E-state index contributed by atoms with van der Waals surface area (Å²) in [7, 11) is 0. The zero-order chi connectivity index (χ0) is 20.2. The number of hydrogen-bond acceptors (Lipinski definition) is 5. The van der Waals surface area contributed by atoms with Crippen LogP contribution in [0.25, 0.3) is 0 Å². The summed E-state index contributed by atoms with van der Waals surface area (Å²) in [6.45, 7) is 0. The Hall–Kier alpha value is -1.47. The molecule has 0 aromatic heterocycles. The van der Waals surface area contributed by atoms with Crippen molar-refractivity contribution in [3.05, 3.63) is 71.8 Å². The normalized spacial score (nSPS) is 14.4. The minimum absolute atomic E-state index is 0.181. The number of carboxylic acids is 1. The Bertz CT molecular complexity index is 681. The first kappa shape index (κ1) is 22.8. The average molecular weight is 421 g/mol. The van der Waals surface area contributed by atoms with E-state index in [1.54, 1.807) is 11.8 Å². The molecular formula is C22H28O4S2. The van der Waals surface area contributed by atoms with Crippen molar-refractivity contribution >= 4 is 29.5 Å². The van der Waals surface area contributed by atoms with Gasteiger partial charge >= 0.3 is 5.97 Å². The highest BCUT2D eigenvalue weighted by Gasteiger charge is 2.19. The van der Waals surface area contributed by atoms with Crippen LogP contribution in [-0.4, -0.2) is 32.0 Å². The van der Waals surface area contributed by atoms with E-state index in [-0.39, 0.29) is 11.7 Å². The molecule has 152 valence electrons. The molecule has 28 heavy (non-hydrogen) atoms. The summed E-state index contributed by atoms with van der Waals surface area (Å²) in [5.74, 6) is 0.0818. The monoisotopic (exact) mass is 420 g/mol. The van der Waals surface area contributed by atoms with E-state index in [4.69, 9.17) is 5.11 Å². The molecule has 4 nitrogen and oxygen atoms in total. The second kappa shape index (κ2) is 12.9. The predicted octanol–water partition coefficient (Wildman–Crippen LogP) is 5.07. The summed E-state index contributed by atoms with van der Waals surface area (Å²) in [4.78, 5) is 10.7. The first-order valence-electron chi connectivity index (χ1n) is 9.48. The largest absolute Gasteiger partial charge is 0.481 e. The van der Waals surface area contributed by atoms with E-state index in [0.29, 0.717) is 12.8 Å². The third-order valence-corrected chi connectivity index (χ3v) is 6.77. The van der Waals surface area contributed by atoms with Crippen LogP contribution in [0.5, 0.6) is 0 Å². The fourth-order valence-electron chi connectivity index (χ4n) is 2.83. The van der Waals surface area contributed by atoms with Crippen molar-refractivity contribution < 1.29 is 20.1 Å². The van der Waals surface area contributed by atoms with E-state index < -0.39 is 16.8 Å². The van der Waals surface area contributed by atoms with Gasteiger partial charge in [-0.05, 0) is 30.4 Å². The molecule has 3 unspecified atom stereocenters. The molecule has 0 heterocycles. The highest BCUT2D eigenvalue weighted by Crippen LogP contribution is 2.34. The maximum atomic E-state index is 10.7. The van der Waals surface area contributed by atoms with Crippen LogP contribution in [0.1, 0.15) is 48.7 Å². The first-order chi connectivity index (χ1) is 13.5. The van der Waals surface area contributed by atoms with E-state index in [9.17, 15) is 15.0 Å². The van der Waals surface area contributed by atoms with E-state index in [1.165, 1.54) is 5.56 Å². The maximum Gasteiger partial charge on any atom is 0.303 e. The SMILES string of the molecule is O=C(O)CCCCC(CC(O)SC(O)c1ccccc1)SCc1ccccc1. The Morgan fingerprint density at radius 1 is 0.929 bits per heavy atom. The lowest BCUT2D eigenvalue weighted by Crippen LogP contribution is -2.15. The van der Waals surface area contributed by atoms with Gasteiger partial charge in [-0.3, -0.25) is 4.79 Å². The van der Waals surface area contributed by atoms with Gasteiger partial charge in [0.1, 0.15) is 10.9 Å². The van der Waals surface area contributed by atoms with Crippen LogP contribution in [0.4, 0.5) is 0 Å². The lowest BCUT2D eigenvalue weighted by atomic mass is 10.1. The molecule has 3 N–H and O–H groups in total. The summed E-state index contributed by atoms with van der Waals surface area (Å²) >= 11 is 2.93. The van der Waals surface area contributed by atoms with Crippen LogP contribution in [0.15, 0.2) is 60.7 Å². The standard InChI is InChI=1S/C22H28O4S2/c23-20(24)14-8-7-13-19(27-16-17-9-3-1-4-10-17)15-21(25)28-22(26)18-11-5-2-6-12-18/h1-6,9-12,19,21-22,25-26H,7-8,13-16H2,(H,23,24). The second-order valence-corrected chi connectivity index (χ2v) is 9.20. The van der Waals surface area contributed by atoms with Gasteiger partial charge in [-0.2, -0.15) is 11.8 Å². The van der Waals surface area contributed by atoms with Gasteiger partial charge in [0.25, 0.3) is 0 Å². The molecule has 0 spiro atoms. The van der Waals surface area contributed by atoms with E-state index in [0.717, 1.165) is 35.9 Å². The summed E-state index contributed by atoms with van der Waals surface area (Å²) in [5.41, 5.74) is 0.571. The van der Waals surface area contributed by atoms with Gasteiger partial charge in [-0.15, -0.1) is 0 Å². The molecule has 2 rings (SSSR count). The third kappa shape index (κ3) is 9.15. The Morgan fingerprint density at radius 3 is 2.21 bits per heavy atom. The summed E-state index contributed by atoms with van der Waals surface area (Å²) < 4.78 is 0. The molecule has 3 atom stereocenters. The molecule has 6 heteroatoms. The number of aliphatic carboxylic acids is 1. The first-order valence-corrected chi connectivity index (χ1v) is 11.5. The molecule has 0 aliphatic carbocycles. The van der Waals surface area contributed by atoms with Crippen molar-refractivity contribution in [3.8, 4) is 0 Å². The number of carboxylic acid groups (broad SMARTS) is 1. The molecule has 0 saturated heterocycles. The number of benzene rings is 2. The maximum absolute atomic E-state index is 10.7. The Kier molecular flexibility index (Phi) is 10.5. The summed E-state index contributed by atoms with van der Waals surface area (Å²) in [5, 5.41) is 29.8. The molecule has 0 saturated carbocycles. The number of aliphatic hydroxyl groups excluding tert-OH is 2. The Labute approximate surface area is 175 Å². The molecule has 0 aliphatic heterocycles. The molecule has 0 radical (unpaired) electrons. The number of aliphatic hydroxyl groups is 2. The van der Waals surface area contributed by atoms with Crippen molar-refractivity contribution in [2.24, 2.45) is 0 Å². The molecule has 2 aromatic carbocycles. The highest BCUT2D eigenvalue weighted by molar-refractivity contribution is 8.00. The number of thioether (sulfide) groups is 2. The smallest absolute Gasteiger partial charge is 0.303 e. The van der Waals surface area contributed by atoms with Crippen molar-refractivity contribution in [3.63, 3.8) is 0 Å². The minimum atomic E-state index is -0.768. The number of rotatable bonds is 13. The van der Waals surface area contributed by atoms with Crippen LogP contribution < -0.4 is 0 Å².